The number of benzene rings is 1. The number of non-ortho nitro benzene ring substituents is 1. The summed E-state index contributed by atoms with van der Waals surface area (Å²) >= 11 is 3.37. The fourth-order valence-electron chi connectivity index (χ4n) is 3.45. The Bertz CT molecular complexity index is 592. The summed E-state index contributed by atoms with van der Waals surface area (Å²) in [5.74, 6) is -1.09. The Labute approximate surface area is 123 Å². The third-order valence-electron chi connectivity index (χ3n) is 4.27. The Hall–Kier alpha value is -1.63. The van der Waals surface area contributed by atoms with Gasteiger partial charge in [0.15, 0.2) is 0 Å². The lowest BCUT2D eigenvalue weighted by Crippen LogP contribution is -2.33. The minimum absolute atomic E-state index is 0.00439. The zero-order valence-electron chi connectivity index (χ0n) is 10.5. The first kappa shape index (κ1) is 13.4. The monoisotopic (exact) mass is 340 g/mol. The zero-order valence-corrected chi connectivity index (χ0v) is 12.1. The number of carboxylic acids is 1. The van der Waals surface area contributed by atoms with E-state index in [4.69, 9.17) is 0 Å². The van der Waals surface area contributed by atoms with Crippen molar-refractivity contribution in [3.63, 3.8) is 0 Å². The van der Waals surface area contributed by atoms with Crippen LogP contribution in [0.15, 0.2) is 22.7 Å². The Kier molecular flexibility index (Phi) is 3.16. The van der Waals surface area contributed by atoms with Crippen molar-refractivity contribution in [2.24, 2.45) is 5.92 Å². The van der Waals surface area contributed by atoms with Crippen molar-refractivity contribution in [2.75, 3.05) is 4.90 Å². The van der Waals surface area contributed by atoms with Gasteiger partial charge < -0.3 is 10.0 Å². The predicted octanol–water partition coefficient (Wildman–Crippen LogP) is 2.80. The average molecular weight is 341 g/mol. The summed E-state index contributed by atoms with van der Waals surface area (Å²) in [6.07, 6.45) is 2.51. The molecule has 1 aromatic rings. The highest BCUT2D eigenvalue weighted by Crippen LogP contribution is 2.47. The largest absolute Gasteiger partial charge is 0.481 e. The van der Waals surface area contributed by atoms with Crippen molar-refractivity contribution in [3.8, 4) is 0 Å². The Morgan fingerprint density at radius 1 is 1.45 bits per heavy atom. The van der Waals surface area contributed by atoms with Gasteiger partial charge in [-0.05, 0) is 41.3 Å². The molecule has 7 heteroatoms. The molecular weight excluding hydrogens is 328 g/mol. The summed E-state index contributed by atoms with van der Waals surface area (Å²) < 4.78 is 0.648. The number of halogens is 1. The number of nitro groups is 1. The van der Waals surface area contributed by atoms with Crippen LogP contribution in [-0.2, 0) is 4.79 Å². The molecule has 20 heavy (non-hydrogen) atoms. The van der Waals surface area contributed by atoms with Crippen LogP contribution >= 0.6 is 15.9 Å². The predicted molar refractivity (Wildman–Crippen MR) is 75.8 cm³/mol. The molecule has 3 rings (SSSR count). The number of rotatable bonds is 3. The fourth-order valence-corrected chi connectivity index (χ4v) is 4.02. The number of hydrogen-bond donors (Lipinski definition) is 1. The second-order valence-corrected chi connectivity index (χ2v) is 6.13. The molecule has 2 fully saturated rings. The minimum atomic E-state index is -0.750. The van der Waals surface area contributed by atoms with Crippen molar-refractivity contribution in [1.29, 1.82) is 0 Å². The van der Waals surface area contributed by atoms with E-state index in [1.807, 2.05) is 0 Å². The maximum absolute atomic E-state index is 11.3. The molecule has 106 valence electrons. The maximum atomic E-state index is 11.3. The number of anilines is 1. The van der Waals surface area contributed by atoms with Crippen molar-refractivity contribution in [3.05, 3.63) is 32.8 Å². The molecule has 2 heterocycles. The van der Waals surface area contributed by atoms with Gasteiger partial charge in [-0.25, -0.2) is 0 Å². The van der Waals surface area contributed by atoms with E-state index in [1.54, 1.807) is 6.07 Å². The van der Waals surface area contributed by atoms with Gasteiger partial charge in [0.1, 0.15) is 0 Å². The second-order valence-electron chi connectivity index (χ2n) is 5.28. The number of hydrogen-bond acceptors (Lipinski definition) is 4. The van der Waals surface area contributed by atoms with Crippen molar-refractivity contribution >= 4 is 33.3 Å². The molecular formula is C13H13BrN2O4. The first-order valence-corrected chi connectivity index (χ1v) is 7.23. The van der Waals surface area contributed by atoms with Gasteiger partial charge in [0.05, 0.1) is 16.5 Å². The molecule has 0 aromatic heterocycles. The molecule has 2 bridgehead atoms. The van der Waals surface area contributed by atoms with Crippen molar-refractivity contribution < 1.29 is 14.8 Å². The Balaban J connectivity index is 1.94. The van der Waals surface area contributed by atoms with Gasteiger partial charge in [0.25, 0.3) is 5.69 Å². The highest BCUT2D eigenvalue weighted by atomic mass is 79.9. The molecule has 1 aromatic carbocycles. The SMILES string of the molecule is O=C(O)C1CC2CCC1N2c1ccc([N+](=O)[O-])cc1Br. The molecule has 3 atom stereocenters. The van der Waals surface area contributed by atoms with Crippen LogP contribution in [0.1, 0.15) is 19.3 Å². The number of carbonyl (C=O) groups is 1. The van der Waals surface area contributed by atoms with Crippen LogP contribution in [0, 0.1) is 16.0 Å². The van der Waals surface area contributed by atoms with Gasteiger partial charge in [-0.1, -0.05) is 0 Å². The molecule has 2 aliphatic rings. The molecule has 0 amide bonds. The summed E-state index contributed by atoms with van der Waals surface area (Å²) in [5, 5.41) is 20.0. The fraction of sp³-hybridized carbons (Fsp3) is 0.462. The summed E-state index contributed by atoms with van der Waals surface area (Å²) in [6, 6.07) is 4.86. The van der Waals surface area contributed by atoms with Crippen molar-refractivity contribution in [2.45, 2.75) is 31.3 Å². The molecule has 2 aliphatic heterocycles. The molecule has 6 nitrogen and oxygen atoms in total. The first-order chi connectivity index (χ1) is 9.49. The average Bonchev–Trinajstić information content (AvgIpc) is 2.96. The number of nitro benzene ring substituents is 1. The molecule has 0 spiro atoms. The molecule has 0 radical (unpaired) electrons. The first-order valence-electron chi connectivity index (χ1n) is 6.44. The summed E-state index contributed by atoms with van der Waals surface area (Å²) in [4.78, 5) is 23.7. The lowest BCUT2D eigenvalue weighted by molar-refractivity contribution is -0.384. The molecule has 0 aliphatic carbocycles. The summed E-state index contributed by atoms with van der Waals surface area (Å²) in [6.45, 7) is 0. The van der Waals surface area contributed by atoms with E-state index in [1.165, 1.54) is 12.1 Å². The van der Waals surface area contributed by atoms with Gasteiger partial charge >= 0.3 is 5.97 Å². The van der Waals surface area contributed by atoms with Gasteiger partial charge in [-0.3, -0.25) is 14.9 Å². The van der Waals surface area contributed by atoms with Crippen LogP contribution in [-0.4, -0.2) is 28.1 Å². The normalized spacial score (nSPS) is 27.9. The lowest BCUT2D eigenvalue weighted by atomic mass is 9.89. The van der Waals surface area contributed by atoms with E-state index < -0.39 is 10.9 Å². The highest BCUT2D eigenvalue weighted by molar-refractivity contribution is 9.10. The topological polar surface area (TPSA) is 83.7 Å². The van der Waals surface area contributed by atoms with E-state index in [2.05, 4.69) is 20.8 Å². The summed E-state index contributed by atoms with van der Waals surface area (Å²) in [5.41, 5.74) is 0.883. The molecule has 3 unspecified atom stereocenters. The van der Waals surface area contributed by atoms with Crippen LogP contribution in [0.2, 0.25) is 0 Å². The third kappa shape index (κ3) is 1.96. The minimum Gasteiger partial charge on any atom is -0.481 e. The number of fused-ring (bicyclic) bond motifs is 2. The van der Waals surface area contributed by atoms with E-state index in [0.29, 0.717) is 10.9 Å². The molecule has 0 saturated carbocycles. The molecule has 2 saturated heterocycles. The van der Waals surface area contributed by atoms with Gasteiger partial charge in [-0.15, -0.1) is 0 Å². The Morgan fingerprint density at radius 2 is 2.20 bits per heavy atom. The van der Waals surface area contributed by atoms with Crippen LogP contribution < -0.4 is 4.90 Å². The van der Waals surface area contributed by atoms with Crippen LogP contribution in [0.5, 0.6) is 0 Å². The Morgan fingerprint density at radius 3 is 2.75 bits per heavy atom. The van der Waals surface area contributed by atoms with Crippen LogP contribution in [0.3, 0.4) is 0 Å². The number of carboxylic acid groups (broad SMARTS) is 1. The quantitative estimate of drug-likeness (QED) is 0.675. The third-order valence-corrected chi connectivity index (χ3v) is 4.91. The van der Waals surface area contributed by atoms with Crippen LogP contribution in [0.4, 0.5) is 11.4 Å². The van der Waals surface area contributed by atoms with E-state index in [9.17, 15) is 20.0 Å². The second kappa shape index (κ2) is 4.73. The maximum Gasteiger partial charge on any atom is 0.308 e. The van der Waals surface area contributed by atoms with E-state index in [-0.39, 0.29) is 23.7 Å². The van der Waals surface area contributed by atoms with E-state index >= 15 is 0 Å². The number of aliphatic carboxylic acids is 1. The van der Waals surface area contributed by atoms with Crippen molar-refractivity contribution in [1.82, 2.24) is 0 Å². The summed E-state index contributed by atoms with van der Waals surface area (Å²) in [7, 11) is 0. The molecule has 1 N–H and O–H groups in total. The smallest absolute Gasteiger partial charge is 0.308 e. The highest BCUT2D eigenvalue weighted by Gasteiger charge is 2.49. The lowest BCUT2D eigenvalue weighted by Gasteiger charge is -2.26. The van der Waals surface area contributed by atoms with Gasteiger partial charge in [0.2, 0.25) is 0 Å². The van der Waals surface area contributed by atoms with E-state index in [0.717, 1.165) is 18.5 Å². The van der Waals surface area contributed by atoms with Gasteiger partial charge in [-0.2, -0.15) is 0 Å². The van der Waals surface area contributed by atoms with Crippen LogP contribution in [0.25, 0.3) is 0 Å². The standard InChI is InChI=1S/C13H13BrN2O4/c14-10-6-8(16(19)20)2-4-12(10)15-7-1-3-11(15)9(5-7)13(17)18/h2,4,6-7,9,11H,1,3,5H2,(H,17,18). The zero-order chi connectivity index (χ0) is 14.4. The van der Waals surface area contributed by atoms with Gasteiger partial charge in [0, 0.05) is 28.7 Å². The number of nitrogens with zero attached hydrogens (tertiary/aromatic N) is 2.